The number of carbonyl (C=O) groups excluding carboxylic acids is 1. The predicted octanol–water partition coefficient (Wildman–Crippen LogP) is 2.55. The molecule has 0 aliphatic carbocycles. The van der Waals surface area contributed by atoms with Crippen molar-refractivity contribution in [3.05, 3.63) is 45.2 Å². The van der Waals surface area contributed by atoms with Crippen molar-refractivity contribution >= 4 is 51.7 Å². The van der Waals surface area contributed by atoms with Crippen molar-refractivity contribution in [3.8, 4) is 0 Å². The van der Waals surface area contributed by atoms with Gasteiger partial charge in [-0.05, 0) is 38.5 Å². The van der Waals surface area contributed by atoms with E-state index in [0.29, 0.717) is 58.9 Å². The second kappa shape index (κ2) is 9.70. The van der Waals surface area contributed by atoms with Crippen molar-refractivity contribution in [1.82, 2.24) is 14.3 Å². The Morgan fingerprint density at radius 2 is 2.03 bits per heavy atom. The number of thiocarbonyl (C=S) groups is 1. The largest absolute Gasteiger partial charge is 0.385 e. The average molecular weight is 475 g/mol. The average Bonchev–Trinajstić information content (AvgIpc) is 3.02. The molecule has 2 aromatic heterocycles. The molecule has 1 amide bonds. The van der Waals surface area contributed by atoms with Crippen LogP contribution in [0.3, 0.4) is 0 Å². The molecule has 0 unspecified atom stereocenters. The third-order valence-electron chi connectivity index (χ3n) is 5.35. The van der Waals surface area contributed by atoms with Crippen molar-refractivity contribution in [1.29, 1.82) is 0 Å². The Morgan fingerprint density at radius 1 is 1.28 bits per heavy atom. The third kappa shape index (κ3) is 4.59. The van der Waals surface area contributed by atoms with Crippen LogP contribution >= 0.6 is 24.0 Å². The summed E-state index contributed by atoms with van der Waals surface area (Å²) in [5.41, 5.74) is 0.720. The van der Waals surface area contributed by atoms with Gasteiger partial charge in [0, 0.05) is 39.5 Å². The summed E-state index contributed by atoms with van der Waals surface area (Å²) in [6, 6.07) is 5.44. The highest BCUT2D eigenvalue weighted by atomic mass is 32.2. The number of thioether (sulfide) groups is 1. The first-order chi connectivity index (χ1) is 15.4. The Balaban J connectivity index is 1.77. The number of fused-ring (bicyclic) bond motifs is 1. The van der Waals surface area contributed by atoms with Crippen LogP contribution in [0.25, 0.3) is 11.7 Å². The van der Waals surface area contributed by atoms with Crippen LogP contribution in [0.1, 0.15) is 25.8 Å². The number of rotatable bonds is 6. The van der Waals surface area contributed by atoms with Gasteiger partial charge < -0.3 is 14.4 Å². The molecule has 2 atom stereocenters. The van der Waals surface area contributed by atoms with Gasteiger partial charge in [-0.15, -0.1) is 0 Å². The van der Waals surface area contributed by atoms with E-state index in [2.05, 4.69) is 4.90 Å². The lowest BCUT2D eigenvalue weighted by Gasteiger charge is -2.36. The van der Waals surface area contributed by atoms with E-state index in [-0.39, 0.29) is 23.7 Å². The van der Waals surface area contributed by atoms with Crippen molar-refractivity contribution < 1.29 is 14.3 Å². The summed E-state index contributed by atoms with van der Waals surface area (Å²) in [6.45, 7) is 6.25. The van der Waals surface area contributed by atoms with Gasteiger partial charge in [0.2, 0.25) is 0 Å². The van der Waals surface area contributed by atoms with E-state index in [1.165, 1.54) is 16.2 Å². The van der Waals surface area contributed by atoms with E-state index in [1.807, 2.05) is 19.9 Å². The van der Waals surface area contributed by atoms with Crippen LogP contribution in [0.5, 0.6) is 0 Å². The van der Waals surface area contributed by atoms with Gasteiger partial charge in [0.15, 0.2) is 0 Å². The number of morpholine rings is 1. The first-order valence-corrected chi connectivity index (χ1v) is 11.8. The Morgan fingerprint density at radius 3 is 2.75 bits per heavy atom. The van der Waals surface area contributed by atoms with Gasteiger partial charge >= 0.3 is 0 Å². The Labute approximate surface area is 196 Å². The topological polar surface area (TPSA) is 76.4 Å². The number of hydrogen-bond acceptors (Lipinski definition) is 8. The molecule has 2 aliphatic heterocycles. The second-order valence-corrected chi connectivity index (χ2v) is 9.60. The van der Waals surface area contributed by atoms with Crippen LogP contribution in [0.4, 0.5) is 5.82 Å². The zero-order valence-corrected chi connectivity index (χ0v) is 19.9. The third-order valence-corrected chi connectivity index (χ3v) is 6.73. The highest BCUT2D eigenvalue weighted by molar-refractivity contribution is 8.26. The lowest BCUT2D eigenvalue weighted by molar-refractivity contribution is -0.122. The van der Waals surface area contributed by atoms with E-state index < -0.39 is 0 Å². The standard InChI is InChI=1S/C22H26N4O4S2/c1-14-12-24(13-15(2)30-14)19-16(20(27)25-8-5-4-7-18(25)23-19)11-17-21(28)26(22(31)32-17)9-6-10-29-3/h4-5,7-8,11,14-15H,6,9-10,12-13H2,1-3H3/b17-11-/t14-,15+. The fourth-order valence-electron chi connectivity index (χ4n) is 4.00. The fourth-order valence-corrected chi connectivity index (χ4v) is 5.29. The Hall–Kier alpha value is -2.27. The van der Waals surface area contributed by atoms with Gasteiger partial charge in [-0.25, -0.2) is 4.98 Å². The number of methoxy groups -OCH3 is 1. The van der Waals surface area contributed by atoms with Crippen molar-refractivity contribution in [3.63, 3.8) is 0 Å². The Kier molecular flexibility index (Phi) is 6.94. The molecule has 2 fully saturated rings. The maximum Gasteiger partial charge on any atom is 0.267 e. The smallest absolute Gasteiger partial charge is 0.267 e. The summed E-state index contributed by atoms with van der Waals surface area (Å²) < 4.78 is 12.9. The minimum Gasteiger partial charge on any atom is -0.385 e. The monoisotopic (exact) mass is 474 g/mol. The maximum atomic E-state index is 13.5. The first kappa shape index (κ1) is 22.9. The van der Waals surface area contributed by atoms with Crippen molar-refractivity contribution in [2.75, 3.05) is 38.3 Å². The molecule has 0 spiro atoms. The highest BCUT2D eigenvalue weighted by Crippen LogP contribution is 2.34. The van der Waals surface area contributed by atoms with Crippen LogP contribution in [0, 0.1) is 0 Å². The molecular weight excluding hydrogens is 448 g/mol. The second-order valence-electron chi connectivity index (χ2n) is 7.93. The minimum absolute atomic E-state index is 0.00150. The summed E-state index contributed by atoms with van der Waals surface area (Å²) in [5.74, 6) is 0.371. The SMILES string of the molecule is COCCCN1C(=O)/C(=C/c2c(N3C[C@@H](C)O[C@@H](C)C3)nc3ccccn3c2=O)SC1=S. The molecule has 0 bridgehead atoms. The molecular formula is C22H26N4O4S2. The number of amides is 1. The predicted molar refractivity (Wildman–Crippen MR) is 130 cm³/mol. The zero-order chi connectivity index (χ0) is 22.8. The number of carbonyl (C=O) groups is 1. The summed E-state index contributed by atoms with van der Waals surface area (Å²) in [6.07, 6.45) is 4.02. The van der Waals surface area contributed by atoms with Crippen LogP contribution < -0.4 is 10.5 Å². The normalized spacial score (nSPS) is 23.0. The molecule has 4 heterocycles. The lowest BCUT2D eigenvalue weighted by atomic mass is 10.2. The maximum absolute atomic E-state index is 13.5. The van der Waals surface area contributed by atoms with Crippen LogP contribution in [0.15, 0.2) is 34.1 Å². The van der Waals surface area contributed by atoms with Crippen molar-refractivity contribution in [2.24, 2.45) is 0 Å². The van der Waals surface area contributed by atoms with Crippen LogP contribution in [-0.2, 0) is 14.3 Å². The summed E-state index contributed by atoms with van der Waals surface area (Å²) >= 11 is 6.63. The number of anilines is 1. The highest BCUT2D eigenvalue weighted by Gasteiger charge is 2.33. The number of aromatic nitrogens is 2. The van der Waals surface area contributed by atoms with Gasteiger partial charge in [0.05, 0.1) is 22.7 Å². The number of pyridine rings is 1. The van der Waals surface area contributed by atoms with E-state index in [0.717, 1.165) is 0 Å². The molecule has 2 saturated heterocycles. The van der Waals surface area contributed by atoms with Crippen LogP contribution in [-0.4, -0.2) is 70.1 Å². The van der Waals surface area contributed by atoms with Gasteiger partial charge in [0.1, 0.15) is 15.8 Å². The molecule has 10 heteroatoms. The van der Waals surface area contributed by atoms with Crippen molar-refractivity contribution in [2.45, 2.75) is 32.5 Å². The number of nitrogens with zero attached hydrogens (tertiary/aromatic N) is 4. The summed E-state index contributed by atoms with van der Waals surface area (Å²) in [4.78, 5) is 35.3. The molecule has 0 N–H and O–H groups in total. The molecule has 0 radical (unpaired) electrons. The zero-order valence-electron chi connectivity index (χ0n) is 18.3. The molecule has 32 heavy (non-hydrogen) atoms. The van der Waals surface area contributed by atoms with Gasteiger partial charge in [0.25, 0.3) is 11.5 Å². The molecule has 170 valence electrons. The van der Waals surface area contributed by atoms with Gasteiger partial charge in [-0.2, -0.15) is 0 Å². The molecule has 0 saturated carbocycles. The number of ether oxygens (including phenoxy) is 2. The van der Waals surface area contributed by atoms with Crippen LogP contribution in [0.2, 0.25) is 0 Å². The van der Waals surface area contributed by atoms with Gasteiger partial charge in [-0.1, -0.05) is 30.0 Å². The molecule has 8 nitrogen and oxygen atoms in total. The molecule has 2 aromatic rings. The summed E-state index contributed by atoms with van der Waals surface area (Å²) in [5, 5.41) is 0. The lowest BCUT2D eigenvalue weighted by Crippen LogP contribution is -2.46. The summed E-state index contributed by atoms with van der Waals surface area (Å²) in [7, 11) is 1.62. The quantitative estimate of drug-likeness (QED) is 0.359. The number of hydrogen-bond donors (Lipinski definition) is 0. The first-order valence-electron chi connectivity index (χ1n) is 10.5. The van der Waals surface area contributed by atoms with Gasteiger partial charge in [-0.3, -0.25) is 18.9 Å². The molecule has 0 aromatic carbocycles. The minimum atomic E-state index is -0.220. The molecule has 4 rings (SSSR count). The van der Waals surface area contributed by atoms with E-state index >= 15 is 0 Å². The van der Waals surface area contributed by atoms with E-state index in [1.54, 1.807) is 36.4 Å². The molecule has 2 aliphatic rings. The Bertz CT molecular complexity index is 1120. The van der Waals surface area contributed by atoms with E-state index in [9.17, 15) is 9.59 Å². The van der Waals surface area contributed by atoms with E-state index in [4.69, 9.17) is 26.7 Å². The fraction of sp³-hybridized carbons (Fsp3) is 0.455.